The molecule has 0 nitrogen and oxygen atoms in total. The highest BCUT2D eigenvalue weighted by Crippen LogP contribution is 2.45. The minimum absolute atomic E-state index is 0.505. The van der Waals surface area contributed by atoms with Gasteiger partial charge in [0.25, 0.3) is 0 Å². The van der Waals surface area contributed by atoms with Gasteiger partial charge in [0.1, 0.15) is 0 Å². The minimum atomic E-state index is 0.505. The van der Waals surface area contributed by atoms with Crippen LogP contribution in [0.1, 0.15) is 29.5 Å². The molecule has 0 heterocycles. The van der Waals surface area contributed by atoms with Gasteiger partial charge in [-0.3, -0.25) is 0 Å². The van der Waals surface area contributed by atoms with Crippen LogP contribution in [0.4, 0.5) is 0 Å². The summed E-state index contributed by atoms with van der Waals surface area (Å²) in [5.41, 5.74) is 7.26. The number of fused-ring (bicyclic) bond motifs is 3. The monoisotopic (exact) mass is 194 g/mol. The normalized spacial score (nSPS) is 21.9. The Balaban J connectivity index is 2.32. The molecule has 1 atom stereocenters. The fourth-order valence-electron chi connectivity index (χ4n) is 2.78. The average Bonchev–Trinajstić information content (AvgIpc) is 2.55. The van der Waals surface area contributed by atoms with Crippen molar-refractivity contribution >= 4 is 5.57 Å². The molecule has 15 heavy (non-hydrogen) atoms. The van der Waals surface area contributed by atoms with Gasteiger partial charge in [-0.25, -0.2) is 0 Å². The van der Waals surface area contributed by atoms with E-state index in [1.807, 2.05) is 0 Å². The lowest BCUT2D eigenvalue weighted by atomic mass is 9.92. The van der Waals surface area contributed by atoms with Crippen molar-refractivity contribution in [2.24, 2.45) is 0 Å². The first-order valence-corrected chi connectivity index (χ1v) is 5.44. The maximum Gasteiger partial charge on any atom is 0.0281 e. The first kappa shape index (κ1) is 8.72. The summed E-state index contributed by atoms with van der Waals surface area (Å²) in [6, 6.07) is 6.62. The summed E-state index contributed by atoms with van der Waals surface area (Å²) in [5.74, 6) is 0.505. The van der Waals surface area contributed by atoms with E-state index < -0.39 is 0 Å². The molecule has 0 heteroatoms. The molecule has 1 unspecified atom stereocenters. The highest BCUT2D eigenvalue weighted by atomic mass is 14.3. The molecule has 0 spiro atoms. The lowest BCUT2D eigenvalue weighted by molar-refractivity contribution is 1.04. The maximum atomic E-state index is 2.30. The number of rotatable bonds is 0. The zero-order chi connectivity index (χ0) is 10.4. The Hall–Kier alpha value is -1.56. The molecular formula is C15H14. The van der Waals surface area contributed by atoms with E-state index in [1.54, 1.807) is 0 Å². The van der Waals surface area contributed by atoms with Crippen LogP contribution in [-0.2, 0) is 0 Å². The van der Waals surface area contributed by atoms with Crippen LogP contribution in [0.2, 0.25) is 0 Å². The van der Waals surface area contributed by atoms with Crippen molar-refractivity contribution < 1.29 is 0 Å². The smallest absolute Gasteiger partial charge is 0.0281 e. The third-order valence-electron chi connectivity index (χ3n) is 3.47. The van der Waals surface area contributed by atoms with E-state index >= 15 is 0 Å². The predicted octanol–water partition coefficient (Wildman–Crippen LogP) is 3.99. The number of benzene rings is 1. The van der Waals surface area contributed by atoms with Crippen LogP contribution in [0.15, 0.2) is 48.1 Å². The summed E-state index contributed by atoms with van der Waals surface area (Å²) in [6.07, 6.45) is 8.83. The third kappa shape index (κ3) is 1.08. The fraction of sp³-hybridized carbons (Fsp3) is 0.200. The van der Waals surface area contributed by atoms with E-state index in [-0.39, 0.29) is 0 Å². The summed E-state index contributed by atoms with van der Waals surface area (Å²) in [7, 11) is 0. The van der Waals surface area contributed by atoms with Gasteiger partial charge in [0.2, 0.25) is 0 Å². The average molecular weight is 194 g/mol. The van der Waals surface area contributed by atoms with E-state index in [9.17, 15) is 0 Å². The molecule has 3 rings (SSSR count). The predicted molar refractivity (Wildman–Crippen MR) is 64.8 cm³/mol. The van der Waals surface area contributed by atoms with Gasteiger partial charge in [-0.2, -0.15) is 0 Å². The van der Waals surface area contributed by atoms with Gasteiger partial charge >= 0.3 is 0 Å². The van der Waals surface area contributed by atoms with Crippen LogP contribution in [0.3, 0.4) is 0 Å². The lowest BCUT2D eigenvalue weighted by Crippen LogP contribution is -1.96. The van der Waals surface area contributed by atoms with Crippen LogP contribution in [0, 0.1) is 6.92 Å². The molecule has 0 aliphatic heterocycles. The molecular weight excluding hydrogens is 180 g/mol. The third-order valence-corrected chi connectivity index (χ3v) is 3.47. The van der Waals surface area contributed by atoms with E-state index in [0.717, 1.165) is 0 Å². The summed E-state index contributed by atoms with van der Waals surface area (Å²) in [5, 5.41) is 0. The molecule has 0 N–H and O–H groups in total. The Morgan fingerprint density at radius 2 is 1.93 bits per heavy atom. The van der Waals surface area contributed by atoms with Gasteiger partial charge in [0, 0.05) is 5.92 Å². The van der Waals surface area contributed by atoms with E-state index in [0.29, 0.717) is 5.92 Å². The van der Waals surface area contributed by atoms with Crippen molar-refractivity contribution in [2.75, 3.05) is 0 Å². The van der Waals surface area contributed by atoms with Gasteiger partial charge in [-0.05, 0) is 41.7 Å². The second kappa shape index (κ2) is 2.96. The Kier molecular flexibility index (Phi) is 1.72. The topological polar surface area (TPSA) is 0 Å². The Bertz CT molecular complexity index is 513. The molecule has 2 aliphatic rings. The van der Waals surface area contributed by atoms with Gasteiger partial charge in [0.05, 0.1) is 0 Å². The van der Waals surface area contributed by atoms with Crippen molar-refractivity contribution in [1.29, 1.82) is 0 Å². The Morgan fingerprint density at radius 1 is 1.07 bits per heavy atom. The summed E-state index contributed by atoms with van der Waals surface area (Å²) in [6.45, 7) is 4.44. The lowest BCUT2D eigenvalue weighted by Gasteiger charge is -2.12. The standard InChI is InChI=1S/C15H14/c1-10-6-5-9-14-13-8-4-3-7-12(13)11(2)15(10)14/h3-9,13H,1-2H3. The van der Waals surface area contributed by atoms with Gasteiger partial charge in [0.15, 0.2) is 0 Å². The van der Waals surface area contributed by atoms with Crippen molar-refractivity contribution in [3.8, 4) is 0 Å². The molecule has 0 aromatic heterocycles. The Labute approximate surface area is 90.6 Å². The van der Waals surface area contributed by atoms with Crippen LogP contribution >= 0.6 is 0 Å². The molecule has 0 fully saturated rings. The maximum absolute atomic E-state index is 2.30. The second-order valence-electron chi connectivity index (χ2n) is 4.34. The van der Waals surface area contributed by atoms with Gasteiger partial charge < -0.3 is 0 Å². The van der Waals surface area contributed by atoms with Gasteiger partial charge in [-0.1, -0.05) is 42.5 Å². The first-order valence-electron chi connectivity index (χ1n) is 5.44. The summed E-state index contributed by atoms with van der Waals surface area (Å²) < 4.78 is 0. The molecule has 0 saturated heterocycles. The molecule has 0 saturated carbocycles. The number of hydrogen-bond acceptors (Lipinski definition) is 0. The van der Waals surface area contributed by atoms with Crippen molar-refractivity contribution in [1.82, 2.24) is 0 Å². The Morgan fingerprint density at radius 3 is 2.80 bits per heavy atom. The minimum Gasteiger partial charge on any atom is -0.0726 e. The molecule has 0 amide bonds. The SMILES string of the molecule is CC1=C2C=CC=CC2c2cccc(C)c21. The summed E-state index contributed by atoms with van der Waals surface area (Å²) >= 11 is 0. The van der Waals surface area contributed by atoms with Crippen molar-refractivity contribution in [3.05, 3.63) is 64.8 Å². The van der Waals surface area contributed by atoms with E-state index in [2.05, 4.69) is 56.4 Å². The zero-order valence-corrected chi connectivity index (χ0v) is 9.12. The van der Waals surface area contributed by atoms with Crippen LogP contribution in [0.25, 0.3) is 5.57 Å². The van der Waals surface area contributed by atoms with Crippen LogP contribution in [0.5, 0.6) is 0 Å². The summed E-state index contributed by atoms with van der Waals surface area (Å²) in [4.78, 5) is 0. The molecule has 1 aromatic carbocycles. The van der Waals surface area contributed by atoms with Crippen molar-refractivity contribution in [3.63, 3.8) is 0 Å². The van der Waals surface area contributed by atoms with Crippen LogP contribution < -0.4 is 0 Å². The van der Waals surface area contributed by atoms with Crippen molar-refractivity contribution in [2.45, 2.75) is 19.8 Å². The molecule has 2 aliphatic carbocycles. The molecule has 74 valence electrons. The number of aryl methyl sites for hydroxylation is 1. The van der Waals surface area contributed by atoms with E-state index in [1.165, 1.54) is 27.8 Å². The number of allylic oxidation sites excluding steroid dienone is 6. The van der Waals surface area contributed by atoms with Gasteiger partial charge in [-0.15, -0.1) is 0 Å². The zero-order valence-electron chi connectivity index (χ0n) is 9.12. The second-order valence-corrected chi connectivity index (χ2v) is 4.34. The number of hydrogen-bond donors (Lipinski definition) is 0. The molecule has 1 aromatic rings. The quantitative estimate of drug-likeness (QED) is 0.585. The highest BCUT2D eigenvalue weighted by Gasteiger charge is 2.27. The highest BCUT2D eigenvalue weighted by molar-refractivity contribution is 5.82. The first-order chi connectivity index (χ1) is 7.29. The molecule has 0 radical (unpaired) electrons. The largest absolute Gasteiger partial charge is 0.0726 e. The van der Waals surface area contributed by atoms with Crippen LogP contribution in [-0.4, -0.2) is 0 Å². The van der Waals surface area contributed by atoms with E-state index in [4.69, 9.17) is 0 Å². The molecule has 0 bridgehead atoms. The fourth-order valence-corrected chi connectivity index (χ4v) is 2.78.